The zero-order valence-electron chi connectivity index (χ0n) is 9.17. The molecule has 0 saturated heterocycles. The van der Waals surface area contributed by atoms with E-state index in [2.05, 4.69) is 47.5 Å². The predicted molar refractivity (Wildman–Crippen MR) is 52.1 cm³/mol. The van der Waals surface area contributed by atoms with E-state index in [1.54, 1.807) is 0 Å². The fourth-order valence-electron chi connectivity index (χ4n) is 1.37. The Bertz CT molecular complexity index is 91.0. The van der Waals surface area contributed by atoms with Gasteiger partial charge in [-0.25, -0.2) is 0 Å². The normalized spacial score (nSPS) is 17.8. The Balaban J connectivity index is 0. The first-order chi connectivity index (χ1) is 5.13. The van der Waals surface area contributed by atoms with E-state index in [-0.39, 0.29) is 32.7 Å². The second kappa shape index (κ2) is 8.69. The monoisotopic (exact) mass is 243 g/mol. The van der Waals surface area contributed by atoms with Crippen LogP contribution in [-0.4, -0.2) is 0 Å². The van der Waals surface area contributed by atoms with Gasteiger partial charge in [-0.3, -0.25) is 0 Å². The average Bonchev–Trinajstić information content (AvgIpc) is 2.02. The third-order valence-corrected chi connectivity index (χ3v) is 2.79. The Morgan fingerprint density at radius 2 is 1.58 bits per heavy atom. The predicted octanol–water partition coefficient (Wildman–Crippen LogP) is 3.73. The summed E-state index contributed by atoms with van der Waals surface area (Å²) in [6, 6.07) is 0. The van der Waals surface area contributed by atoms with Gasteiger partial charge in [0.2, 0.25) is 0 Å². The molecule has 3 unspecified atom stereocenters. The van der Waals surface area contributed by atoms with Gasteiger partial charge in [-0.15, -0.1) is 0 Å². The third kappa shape index (κ3) is 5.70. The van der Waals surface area contributed by atoms with E-state index in [0.717, 1.165) is 17.8 Å². The van der Waals surface area contributed by atoms with E-state index in [9.17, 15) is 0 Å². The molecule has 0 amide bonds. The van der Waals surface area contributed by atoms with Gasteiger partial charge >= 0.3 is 0 Å². The van der Waals surface area contributed by atoms with Gasteiger partial charge < -0.3 is 12.8 Å². The van der Waals surface area contributed by atoms with Gasteiger partial charge in [0.1, 0.15) is 0 Å². The molecule has 71 valence electrons. The SMILES string of the molecule is C[CH-]C(C)C(C)C(C)[CH-]CC.[Y]. The fourth-order valence-corrected chi connectivity index (χ4v) is 1.37. The van der Waals surface area contributed by atoms with Crippen LogP contribution in [0.3, 0.4) is 0 Å². The molecule has 0 saturated carbocycles. The van der Waals surface area contributed by atoms with Crippen LogP contribution in [0.5, 0.6) is 0 Å². The first kappa shape index (κ1) is 15.6. The fraction of sp³-hybridized carbons (Fsp3) is 0.818. The summed E-state index contributed by atoms with van der Waals surface area (Å²) in [6.45, 7) is 11.3. The van der Waals surface area contributed by atoms with Crippen LogP contribution in [0.1, 0.15) is 41.0 Å². The maximum absolute atomic E-state index is 2.41. The van der Waals surface area contributed by atoms with Crippen molar-refractivity contribution in [2.75, 3.05) is 0 Å². The summed E-state index contributed by atoms with van der Waals surface area (Å²) in [4.78, 5) is 0. The molecule has 0 N–H and O–H groups in total. The Labute approximate surface area is 104 Å². The molecule has 0 aliphatic rings. The van der Waals surface area contributed by atoms with E-state index < -0.39 is 0 Å². The van der Waals surface area contributed by atoms with Crippen LogP contribution < -0.4 is 0 Å². The first-order valence-corrected chi connectivity index (χ1v) is 4.76. The van der Waals surface area contributed by atoms with Crippen LogP contribution >= 0.6 is 0 Å². The smallest absolute Gasteiger partial charge is 0 e. The van der Waals surface area contributed by atoms with Gasteiger partial charge in [0.15, 0.2) is 0 Å². The van der Waals surface area contributed by atoms with Crippen molar-refractivity contribution in [3.05, 3.63) is 12.8 Å². The van der Waals surface area contributed by atoms with Gasteiger partial charge in [-0.1, -0.05) is 33.6 Å². The average molecular weight is 243 g/mol. The van der Waals surface area contributed by atoms with Gasteiger partial charge in [-0.05, 0) is 0 Å². The molecule has 1 radical (unpaired) electrons. The molecule has 0 aliphatic heterocycles. The van der Waals surface area contributed by atoms with Crippen LogP contribution in [0, 0.1) is 30.6 Å². The second-order valence-electron chi connectivity index (χ2n) is 3.55. The summed E-state index contributed by atoms with van der Waals surface area (Å²) in [5, 5.41) is 0. The topological polar surface area (TPSA) is 0 Å². The minimum absolute atomic E-state index is 0. The summed E-state index contributed by atoms with van der Waals surface area (Å²) in [7, 11) is 0. The van der Waals surface area contributed by atoms with Gasteiger partial charge in [0.25, 0.3) is 0 Å². The molecule has 0 aromatic carbocycles. The van der Waals surface area contributed by atoms with Crippen molar-refractivity contribution in [2.45, 2.75) is 41.0 Å². The Morgan fingerprint density at radius 1 is 1.08 bits per heavy atom. The maximum Gasteiger partial charge on any atom is 0 e. The van der Waals surface area contributed by atoms with Crippen molar-refractivity contribution in [1.82, 2.24) is 0 Å². The zero-order valence-corrected chi connectivity index (χ0v) is 12.0. The molecule has 0 rings (SSSR count). The van der Waals surface area contributed by atoms with Crippen molar-refractivity contribution in [2.24, 2.45) is 17.8 Å². The quantitative estimate of drug-likeness (QED) is 0.645. The van der Waals surface area contributed by atoms with Gasteiger partial charge in [-0.2, -0.15) is 25.2 Å². The number of hydrogen-bond donors (Lipinski definition) is 0. The molecule has 0 fully saturated rings. The van der Waals surface area contributed by atoms with Crippen molar-refractivity contribution in [3.8, 4) is 0 Å². The largest absolute Gasteiger partial charge is 0.329 e. The molecule has 0 nitrogen and oxygen atoms in total. The molecule has 0 aromatic rings. The molecule has 3 atom stereocenters. The third-order valence-electron chi connectivity index (χ3n) is 2.79. The molecule has 0 aromatic heterocycles. The zero-order chi connectivity index (χ0) is 8.85. The minimum Gasteiger partial charge on any atom is -0.329 e. The second-order valence-corrected chi connectivity index (χ2v) is 3.55. The summed E-state index contributed by atoms with van der Waals surface area (Å²) in [5.41, 5.74) is 0. The van der Waals surface area contributed by atoms with Crippen LogP contribution in [-0.2, 0) is 32.7 Å². The standard InChI is InChI=1S/C11H22.Y/c1-6-8-10(4)11(5)9(3)7-2;/h7-11H,6H2,1-5H3;/q-2;. The van der Waals surface area contributed by atoms with Gasteiger partial charge in [0.05, 0.1) is 0 Å². The molecule has 1 heteroatoms. The van der Waals surface area contributed by atoms with Crippen molar-refractivity contribution in [1.29, 1.82) is 0 Å². The molecular weight excluding hydrogens is 221 g/mol. The van der Waals surface area contributed by atoms with E-state index in [1.165, 1.54) is 6.42 Å². The summed E-state index contributed by atoms with van der Waals surface area (Å²) >= 11 is 0. The van der Waals surface area contributed by atoms with Crippen LogP contribution in [0.25, 0.3) is 0 Å². The van der Waals surface area contributed by atoms with Gasteiger partial charge in [0, 0.05) is 32.7 Å². The van der Waals surface area contributed by atoms with Crippen molar-refractivity contribution in [3.63, 3.8) is 0 Å². The van der Waals surface area contributed by atoms with E-state index in [4.69, 9.17) is 0 Å². The Kier molecular flexibility index (Phi) is 11.3. The first-order valence-electron chi connectivity index (χ1n) is 4.76. The molecule has 0 spiro atoms. The van der Waals surface area contributed by atoms with Crippen LogP contribution in [0.15, 0.2) is 0 Å². The number of rotatable bonds is 5. The summed E-state index contributed by atoms with van der Waals surface area (Å²) in [5.74, 6) is 2.29. The summed E-state index contributed by atoms with van der Waals surface area (Å²) in [6.07, 6.45) is 5.90. The number of hydrogen-bond acceptors (Lipinski definition) is 0. The molecular formula is C11H22Y-2. The molecule has 0 bridgehead atoms. The van der Waals surface area contributed by atoms with Crippen LogP contribution in [0.4, 0.5) is 0 Å². The Hall–Kier alpha value is 1.10. The van der Waals surface area contributed by atoms with E-state index >= 15 is 0 Å². The summed E-state index contributed by atoms with van der Waals surface area (Å²) < 4.78 is 0. The van der Waals surface area contributed by atoms with Crippen molar-refractivity contribution < 1.29 is 32.7 Å². The van der Waals surface area contributed by atoms with Crippen LogP contribution in [0.2, 0.25) is 0 Å². The molecule has 0 aliphatic carbocycles. The van der Waals surface area contributed by atoms with Crippen molar-refractivity contribution >= 4 is 0 Å². The molecule has 0 heterocycles. The van der Waals surface area contributed by atoms with E-state index in [0.29, 0.717) is 0 Å². The minimum atomic E-state index is 0. The Morgan fingerprint density at radius 3 is 1.92 bits per heavy atom. The van der Waals surface area contributed by atoms with E-state index in [1.807, 2.05) is 0 Å². The maximum atomic E-state index is 2.41. The molecule has 12 heavy (non-hydrogen) atoms.